The summed E-state index contributed by atoms with van der Waals surface area (Å²) in [7, 11) is 0. The highest BCUT2D eigenvalue weighted by molar-refractivity contribution is 5.76. The van der Waals surface area contributed by atoms with E-state index in [0.29, 0.717) is 50.3 Å². The first-order valence-electron chi connectivity index (χ1n) is 9.86. The maximum absolute atomic E-state index is 12.9. The van der Waals surface area contributed by atoms with Crippen molar-refractivity contribution in [1.29, 1.82) is 0 Å². The monoisotopic (exact) mass is 383 g/mol. The molecule has 1 saturated heterocycles. The largest absolute Gasteiger partial charge is 0.416 e. The van der Waals surface area contributed by atoms with Crippen molar-refractivity contribution in [1.82, 2.24) is 4.90 Å². The average molecular weight is 383 g/mol. The molecule has 3 rings (SSSR count). The Kier molecular flexibility index (Phi) is 6.14. The van der Waals surface area contributed by atoms with Gasteiger partial charge in [-0.25, -0.2) is 0 Å². The molecule has 150 valence electrons. The number of likely N-dealkylation sites (tertiary alicyclic amines) is 1. The van der Waals surface area contributed by atoms with Crippen molar-refractivity contribution in [3.05, 3.63) is 35.4 Å². The Balaban J connectivity index is 1.60. The van der Waals surface area contributed by atoms with E-state index in [2.05, 4.69) is 0 Å². The average Bonchev–Trinajstić information content (AvgIpc) is 3.15. The van der Waals surface area contributed by atoms with Crippen LogP contribution in [0.5, 0.6) is 0 Å². The van der Waals surface area contributed by atoms with Crippen LogP contribution >= 0.6 is 0 Å². The quantitative estimate of drug-likeness (QED) is 0.817. The summed E-state index contributed by atoms with van der Waals surface area (Å²) < 4.78 is 38.8. The van der Waals surface area contributed by atoms with Gasteiger partial charge in [0, 0.05) is 31.5 Å². The Bertz CT molecular complexity index is 645. The second kappa shape index (κ2) is 8.21. The maximum atomic E-state index is 12.9. The summed E-state index contributed by atoms with van der Waals surface area (Å²) in [4.78, 5) is 14.4. The van der Waals surface area contributed by atoms with E-state index in [-0.39, 0.29) is 12.5 Å². The van der Waals surface area contributed by atoms with E-state index in [1.165, 1.54) is 25.0 Å². The number of carbonyl (C=O) groups is 1. The van der Waals surface area contributed by atoms with Gasteiger partial charge in [-0.05, 0) is 49.7 Å². The molecule has 1 amide bonds. The minimum Gasteiger partial charge on any atom is -0.396 e. The Hall–Kier alpha value is -1.56. The molecule has 1 aliphatic carbocycles. The molecule has 1 heterocycles. The predicted octanol–water partition coefficient (Wildman–Crippen LogP) is 4.43. The maximum Gasteiger partial charge on any atom is 0.416 e. The van der Waals surface area contributed by atoms with E-state index in [1.807, 2.05) is 4.90 Å². The molecule has 0 atom stereocenters. The number of benzene rings is 1. The zero-order valence-corrected chi connectivity index (χ0v) is 15.6. The highest BCUT2D eigenvalue weighted by Gasteiger charge is 2.37. The van der Waals surface area contributed by atoms with Gasteiger partial charge in [0.15, 0.2) is 0 Å². The molecule has 6 heteroatoms. The molecular formula is C21H28F3NO2. The number of hydrogen-bond donors (Lipinski definition) is 1. The van der Waals surface area contributed by atoms with Crippen molar-refractivity contribution < 1.29 is 23.1 Å². The minimum atomic E-state index is -4.36. The lowest BCUT2D eigenvalue weighted by Crippen LogP contribution is -2.46. The van der Waals surface area contributed by atoms with Crippen LogP contribution in [0, 0.1) is 11.3 Å². The first-order chi connectivity index (χ1) is 12.8. The fourth-order valence-corrected chi connectivity index (χ4v) is 4.50. The van der Waals surface area contributed by atoms with Crippen LogP contribution in [-0.4, -0.2) is 35.6 Å². The van der Waals surface area contributed by atoms with E-state index in [9.17, 15) is 23.1 Å². The molecule has 2 fully saturated rings. The molecule has 1 aliphatic heterocycles. The van der Waals surface area contributed by atoms with Crippen LogP contribution in [0.15, 0.2) is 24.3 Å². The van der Waals surface area contributed by atoms with Gasteiger partial charge in [0.2, 0.25) is 5.91 Å². The zero-order chi connectivity index (χ0) is 19.5. The minimum absolute atomic E-state index is 0.0755. The van der Waals surface area contributed by atoms with Gasteiger partial charge in [0.05, 0.1) is 5.56 Å². The first-order valence-corrected chi connectivity index (χ1v) is 9.86. The van der Waals surface area contributed by atoms with E-state index < -0.39 is 17.2 Å². The number of hydrogen-bond acceptors (Lipinski definition) is 2. The van der Waals surface area contributed by atoms with Crippen LogP contribution in [-0.2, 0) is 17.4 Å². The fourth-order valence-electron chi connectivity index (χ4n) is 4.50. The predicted molar refractivity (Wildman–Crippen MR) is 97.1 cm³/mol. The summed E-state index contributed by atoms with van der Waals surface area (Å²) in [6.45, 7) is 1.07. The Labute approximate surface area is 158 Å². The van der Waals surface area contributed by atoms with Crippen molar-refractivity contribution in [2.75, 3.05) is 19.7 Å². The van der Waals surface area contributed by atoms with E-state index in [4.69, 9.17) is 0 Å². The van der Waals surface area contributed by atoms with Gasteiger partial charge >= 0.3 is 6.18 Å². The van der Waals surface area contributed by atoms with Gasteiger partial charge in [-0.2, -0.15) is 13.2 Å². The molecule has 0 spiro atoms. The number of alkyl halides is 3. The topological polar surface area (TPSA) is 40.5 Å². The molecule has 1 aromatic carbocycles. The van der Waals surface area contributed by atoms with Crippen LogP contribution in [0.2, 0.25) is 0 Å². The molecule has 1 saturated carbocycles. The summed E-state index contributed by atoms with van der Waals surface area (Å²) in [5.74, 6) is 0.694. The van der Waals surface area contributed by atoms with Gasteiger partial charge < -0.3 is 10.0 Å². The third-order valence-corrected chi connectivity index (χ3v) is 6.28. The van der Waals surface area contributed by atoms with Gasteiger partial charge in [0.25, 0.3) is 0 Å². The smallest absolute Gasteiger partial charge is 0.396 e. The van der Waals surface area contributed by atoms with Crippen LogP contribution in [0.25, 0.3) is 0 Å². The third-order valence-electron chi connectivity index (χ3n) is 6.28. The van der Waals surface area contributed by atoms with Crippen molar-refractivity contribution in [3.8, 4) is 0 Å². The molecule has 2 aliphatic rings. The second-order valence-corrected chi connectivity index (χ2v) is 8.27. The lowest BCUT2D eigenvalue weighted by Gasteiger charge is -2.41. The number of amides is 1. The Morgan fingerprint density at radius 3 is 2.44 bits per heavy atom. The fraction of sp³-hybridized carbons (Fsp3) is 0.667. The normalized spacial score (nSPS) is 20.8. The van der Waals surface area contributed by atoms with Crippen LogP contribution in [0.1, 0.15) is 56.1 Å². The number of piperidine rings is 1. The van der Waals surface area contributed by atoms with Crippen LogP contribution in [0.4, 0.5) is 13.2 Å². The Morgan fingerprint density at radius 2 is 1.85 bits per heavy atom. The van der Waals surface area contributed by atoms with Gasteiger partial charge in [-0.15, -0.1) is 0 Å². The van der Waals surface area contributed by atoms with Gasteiger partial charge in [0.1, 0.15) is 0 Å². The first kappa shape index (κ1) is 20.2. The molecule has 1 aromatic rings. The number of nitrogens with zero attached hydrogens (tertiary/aromatic N) is 1. The number of rotatable bonds is 5. The molecule has 1 N–H and O–H groups in total. The summed E-state index contributed by atoms with van der Waals surface area (Å²) in [6.07, 6.45) is 2.58. The van der Waals surface area contributed by atoms with Crippen LogP contribution in [0.3, 0.4) is 0 Å². The highest BCUT2D eigenvalue weighted by atomic mass is 19.4. The summed E-state index contributed by atoms with van der Waals surface area (Å²) >= 11 is 0. The number of halogens is 3. The number of carbonyl (C=O) groups excluding carboxylic acids is 1. The van der Waals surface area contributed by atoms with Crippen molar-refractivity contribution in [2.24, 2.45) is 11.3 Å². The molecule has 27 heavy (non-hydrogen) atoms. The molecule has 0 bridgehead atoms. The van der Waals surface area contributed by atoms with Gasteiger partial charge in [-0.1, -0.05) is 31.0 Å². The lowest BCUT2D eigenvalue weighted by molar-refractivity contribution is -0.138. The second-order valence-electron chi connectivity index (χ2n) is 8.27. The zero-order valence-electron chi connectivity index (χ0n) is 15.6. The summed E-state index contributed by atoms with van der Waals surface area (Å²) in [5, 5.41) is 9.96. The molecule has 0 aromatic heterocycles. The molecular weight excluding hydrogens is 355 g/mol. The standard InChI is InChI=1S/C21H28F3NO2/c22-21(23,24)18-7-3-6-17(12-18)14-20(15-26)8-10-25(11-9-20)19(27)13-16-4-1-2-5-16/h3,6-7,12,16,26H,1-2,4-5,8-11,13-15H2. The van der Waals surface area contributed by atoms with E-state index in [1.54, 1.807) is 6.07 Å². The van der Waals surface area contributed by atoms with E-state index >= 15 is 0 Å². The van der Waals surface area contributed by atoms with Crippen LogP contribution < -0.4 is 0 Å². The third kappa shape index (κ3) is 5.03. The SMILES string of the molecule is O=C(CC1CCCC1)N1CCC(CO)(Cc2cccc(C(F)(F)F)c2)CC1. The molecule has 0 radical (unpaired) electrons. The summed E-state index contributed by atoms with van der Waals surface area (Å²) in [6, 6.07) is 5.35. The van der Waals surface area contributed by atoms with E-state index in [0.717, 1.165) is 18.9 Å². The highest BCUT2D eigenvalue weighted by Crippen LogP contribution is 2.37. The number of aliphatic hydroxyl groups is 1. The van der Waals surface area contributed by atoms with Crippen molar-refractivity contribution in [3.63, 3.8) is 0 Å². The van der Waals surface area contributed by atoms with Crippen molar-refractivity contribution >= 4 is 5.91 Å². The molecule has 0 unspecified atom stereocenters. The molecule has 3 nitrogen and oxygen atoms in total. The lowest BCUT2D eigenvalue weighted by atomic mass is 9.74. The number of aliphatic hydroxyl groups excluding tert-OH is 1. The van der Waals surface area contributed by atoms with Gasteiger partial charge in [-0.3, -0.25) is 4.79 Å². The van der Waals surface area contributed by atoms with Crippen molar-refractivity contribution in [2.45, 2.75) is 57.5 Å². The summed E-state index contributed by atoms with van der Waals surface area (Å²) in [5.41, 5.74) is -0.518. The Morgan fingerprint density at radius 1 is 1.19 bits per heavy atom.